The van der Waals surface area contributed by atoms with Crippen LogP contribution in [-0.2, 0) is 37.8 Å². The number of hydrogen-bond acceptors (Lipinski definition) is 6. The molecule has 0 bridgehead atoms. The summed E-state index contributed by atoms with van der Waals surface area (Å²) in [5, 5.41) is 19.1. The summed E-state index contributed by atoms with van der Waals surface area (Å²) in [6, 6.07) is 21.8. The smallest absolute Gasteiger partial charge is 0.475 e. The Morgan fingerprint density at radius 2 is 1.39 bits per heavy atom. The van der Waals surface area contributed by atoms with Crippen LogP contribution in [-0.4, -0.2) is 22.8 Å². The molecule has 0 amide bonds. The topological polar surface area (TPSA) is 102 Å². The molecule has 0 saturated heterocycles. The van der Waals surface area contributed by atoms with Crippen LogP contribution < -0.4 is 0 Å². The molecule has 8 heteroatoms. The van der Waals surface area contributed by atoms with Gasteiger partial charge in [0.05, 0.1) is 19.8 Å². The first kappa shape index (κ1) is 24.7. The lowest BCUT2D eigenvalue weighted by molar-refractivity contribution is 0.0693. The molecule has 0 aliphatic rings. The van der Waals surface area contributed by atoms with Crippen LogP contribution in [0.1, 0.15) is 39.0 Å². The summed E-state index contributed by atoms with van der Waals surface area (Å²) in [4.78, 5) is 11.3. The highest BCUT2D eigenvalue weighted by atomic mass is 31.2. The van der Waals surface area contributed by atoms with E-state index in [0.717, 1.165) is 16.7 Å². The van der Waals surface area contributed by atoms with Crippen LogP contribution in [0.4, 0.5) is 0 Å². The monoisotopic (exact) mass is 470 g/mol. The van der Waals surface area contributed by atoms with E-state index >= 15 is 0 Å². The van der Waals surface area contributed by atoms with Crippen LogP contribution in [0, 0.1) is 6.92 Å². The van der Waals surface area contributed by atoms with Crippen molar-refractivity contribution in [1.82, 2.24) is 0 Å². The zero-order valence-corrected chi connectivity index (χ0v) is 19.2. The fraction of sp³-hybridized carbons (Fsp3) is 0.240. The third kappa shape index (κ3) is 7.55. The number of phenols is 1. The average Bonchev–Trinajstić information content (AvgIpc) is 2.82. The summed E-state index contributed by atoms with van der Waals surface area (Å²) in [5.74, 6) is -1.43. The van der Waals surface area contributed by atoms with E-state index in [4.69, 9.17) is 13.6 Å². The number of benzene rings is 3. The van der Waals surface area contributed by atoms with Crippen LogP contribution in [0.25, 0.3) is 0 Å². The molecule has 3 aromatic rings. The lowest BCUT2D eigenvalue weighted by Crippen LogP contribution is -2.04. The second-order valence-corrected chi connectivity index (χ2v) is 9.19. The molecule has 7 nitrogen and oxygen atoms in total. The Kier molecular flexibility index (Phi) is 8.80. The van der Waals surface area contributed by atoms with Crippen molar-refractivity contribution in [1.29, 1.82) is 0 Å². The first-order chi connectivity index (χ1) is 15.9. The van der Waals surface area contributed by atoms with E-state index < -0.39 is 13.8 Å². The fourth-order valence-electron chi connectivity index (χ4n) is 3.18. The molecule has 0 aliphatic heterocycles. The first-order valence-electron chi connectivity index (χ1n) is 10.5. The third-order valence-electron chi connectivity index (χ3n) is 4.91. The zero-order chi connectivity index (χ0) is 23.7. The van der Waals surface area contributed by atoms with Crippen LogP contribution in [0.15, 0.2) is 72.8 Å². The van der Waals surface area contributed by atoms with E-state index in [2.05, 4.69) is 0 Å². The number of phosphoric ester groups is 1. The summed E-state index contributed by atoms with van der Waals surface area (Å²) < 4.78 is 30.0. The van der Waals surface area contributed by atoms with Crippen molar-refractivity contribution in [3.63, 3.8) is 0 Å². The molecule has 33 heavy (non-hydrogen) atoms. The van der Waals surface area contributed by atoms with Gasteiger partial charge in [0.15, 0.2) is 0 Å². The number of rotatable bonds is 12. The zero-order valence-electron chi connectivity index (χ0n) is 18.3. The van der Waals surface area contributed by atoms with Crippen molar-refractivity contribution in [3.05, 3.63) is 101 Å². The van der Waals surface area contributed by atoms with Crippen molar-refractivity contribution in [3.8, 4) is 5.75 Å². The van der Waals surface area contributed by atoms with E-state index in [0.29, 0.717) is 18.4 Å². The molecular formula is C25H27O7P. The van der Waals surface area contributed by atoms with E-state index in [9.17, 15) is 19.6 Å². The van der Waals surface area contributed by atoms with Gasteiger partial charge in [0.25, 0.3) is 0 Å². The minimum Gasteiger partial charge on any atom is -0.507 e. The number of hydrogen-bond donors (Lipinski definition) is 2. The van der Waals surface area contributed by atoms with E-state index in [1.54, 1.807) is 13.0 Å². The molecule has 0 fully saturated rings. The number of aromatic carboxylic acids is 1. The van der Waals surface area contributed by atoms with Crippen molar-refractivity contribution in [2.24, 2.45) is 0 Å². The summed E-state index contributed by atoms with van der Waals surface area (Å²) in [7, 11) is -3.85. The van der Waals surface area contributed by atoms with Gasteiger partial charge in [-0.15, -0.1) is 0 Å². The molecule has 0 aliphatic carbocycles. The van der Waals surface area contributed by atoms with Crippen molar-refractivity contribution in [2.45, 2.75) is 33.0 Å². The first-order valence-corrected chi connectivity index (χ1v) is 12.0. The van der Waals surface area contributed by atoms with Crippen LogP contribution in [0.2, 0.25) is 0 Å². The second-order valence-electron chi connectivity index (χ2n) is 7.52. The van der Waals surface area contributed by atoms with Gasteiger partial charge >= 0.3 is 13.8 Å². The lowest BCUT2D eigenvalue weighted by Gasteiger charge is -2.18. The number of carboxylic acid groups (broad SMARTS) is 1. The third-order valence-corrected chi connectivity index (χ3v) is 6.30. The largest absolute Gasteiger partial charge is 0.507 e. The molecular weight excluding hydrogens is 443 g/mol. The van der Waals surface area contributed by atoms with Gasteiger partial charge in [-0.05, 0) is 48.1 Å². The molecule has 0 aromatic heterocycles. The Bertz CT molecular complexity index is 1050. The van der Waals surface area contributed by atoms with Gasteiger partial charge in [0.1, 0.15) is 11.3 Å². The quantitative estimate of drug-likeness (QED) is 0.251. The van der Waals surface area contributed by atoms with Gasteiger partial charge in [0.2, 0.25) is 0 Å². The normalized spacial score (nSPS) is 11.4. The minimum absolute atomic E-state index is 0.0754. The Balaban J connectivity index is 1.60. The Hall–Kier alpha value is -2.96. The number of aromatic hydroxyl groups is 1. The second kappa shape index (κ2) is 11.8. The van der Waals surface area contributed by atoms with E-state index in [-0.39, 0.29) is 31.1 Å². The van der Waals surface area contributed by atoms with Gasteiger partial charge in [-0.2, -0.15) is 0 Å². The molecule has 3 aromatic carbocycles. The van der Waals surface area contributed by atoms with Gasteiger partial charge < -0.3 is 10.2 Å². The van der Waals surface area contributed by atoms with Gasteiger partial charge in [0, 0.05) is 0 Å². The highest BCUT2D eigenvalue weighted by molar-refractivity contribution is 7.48. The highest BCUT2D eigenvalue weighted by Gasteiger charge is 2.27. The molecule has 174 valence electrons. The van der Waals surface area contributed by atoms with Crippen LogP contribution >= 0.6 is 7.82 Å². The average molecular weight is 470 g/mol. The molecule has 0 heterocycles. The predicted octanol–water partition coefficient (Wildman–Crippen LogP) is 5.89. The van der Waals surface area contributed by atoms with E-state index in [1.165, 1.54) is 6.07 Å². The lowest BCUT2D eigenvalue weighted by atomic mass is 10.0. The number of aryl methyl sites for hydroxylation is 2. The molecule has 0 radical (unpaired) electrons. The maximum Gasteiger partial charge on any atom is 0.475 e. The molecule has 0 spiro atoms. The number of carboxylic acids is 1. The molecule has 0 atom stereocenters. The Morgan fingerprint density at radius 3 is 1.91 bits per heavy atom. The molecule has 2 N–H and O–H groups in total. The summed E-state index contributed by atoms with van der Waals surface area (Å²) in [6.07, 6.45) is 0.926. The molecule has 0 saturated carbocycles. The van der Waals surface area contributed by atoms with Crippen molar-refractivity contribution < 1.29 is 33.1 Å². The maximum atomic E-state index is 13.2. The van der Waals surface area contributed by atoms with Crippen molar-refractivity contribution >= 4 is 13.8 Å². The minimum atomic E-state index is -3.85. The number of phosphoric acid groups is 1. The van der Waals surface area contributed by atoms with Crippen LogP contribution in [0.3, 0.4) is 0 Å². The highest BCUT2D eigenvalue weighted by Crippen LogP contribution is 2.51. The number of carbonyl (C=O) groups is 1. The molecule has 0 unspecified atom stereocenters. The van der Waals surface area contributed by atoms with E-state index in [1.807, 2.05) is 60.7 Å². The maximum absolute atomic E-state index is 13.2. The van der Waals surface area contributed by atoms with Crippen LogP contribution in [0.5, 0.6) is 5.75 Å². The van der Waals surface area contributed by atoms with Gasteiger partial charge in [-0.1, -0.05) is 66.7 Å². The summed E-state index contributed by atoms with van der Waals surface area (Å²) in [5.41, 5.74) is 2.75. The van der Waals surface area contributed by atoms with Gasteiger partial charge in [-0.3, -0.25) is 13.6 Å². The SMILES string of the molecule is Cc1cc(CCCOP(=O)(OCc2ccccc2)OCc2ccccc2)cc(C(=O)O)c1O. The standard InChI is InChI=1S/C25H27O7P/c1-19-15-22(16-23(24(19)26)25(27)28)13-8-14-30-33(29,31-17-20-9-4-2-5-10-20)32-18-21-11-6-3-7-12-21/h2-7,9-12,15-16,26H,8,13-14,17-18H2,1H3,(H,27,28). The molecule has 3 rings (SSSR count). The fourth-order valence-corrected chi connectivity index (χ4v) is 4.37. The summed E-state index contributed by atoms with van der Waals surface area (Å²) in [6.45, 7) is 1.88. The Labute approximate surface area is 193 Å². The Morgan fingerprint density at radius 1 is 0.848 bits per heavy atom. The van der Waals surface area contributed by atoms with Crippen molar-refractivity contribution in [2.75, 3.05) is 6.61 Å². The van der Waals surface area contributed by atoms with Gasteiger partial charge in [-0.25, -0.2) is 9.36 Å². The summed E-state index contributed by atoms with van der Waals surface area (Å²) >= 11 is 0. The predicted molar refractivity (Wildman–Crippen MR) is 124 cm³/mol.